The monoisotopic (exact) mass is 456 g/mol. The highest BCUT2D eigenvalue weighted by atomic mass is 28.4. The standard InChI is InChI=1S/C26H52O4Si/c1-4-27-31(28-5-2,29-6-3)22-18-16-14-12-10-8-7-9-11-13-15-17-19-24-20-21-25-26(23-24)30-25/h24-26H,4-23H2,1-3H3. The lowest BCUT2D eigenvalue weighted by Crippen LogP contribution is -2.45. The van der Waals surface area contributed by atoms with E-state index in [0.717, 1.165) is 12.0 Å². The third kappa shape index (κ3) is 11.7. The zero-order valence-electron chi connectivity index (χ0n) is 21.0. The fourth-order valence-electron chi connectivity index (χ4n) is 5.29. The second-order valence-corrected chi connectivity index (χ2v) is 12.4. The molecule has 4 nitrogen and oxygen atoms in total. The molecule has 184 valence electrons. The van der Waals surface area contributed by atoms with Crippen LogP contribution in [0.4, 0.5) is 0 Å². The molecule has 2 fully saturated rings. The van der Waals surface area contributed by atoms with Crippen LogP contribution in [-0.4, -0.2) is 40.8 Å². The lowest BCUT2D eigenvalue weighted by Gasteiger charge is -2.28. The van der Waals surface area contributed by atoms with Crippen molar-refractivity contribution in [1.29, 1.82) is 0 Å². The third-order valence-corrected chi connectivity index (χ3v) is 10.2. The first kappa shape index (κ1) is 27.3. The number of fused-ring (bicyclic) bond motifs is 1. The number of epoxide rings is 1. The Morgan fingerprint density at radius 3 is 1.58 bits per heavy atom. The predicted octanol–water partition coefficient (Wildman–Crippen LogP) is 7.67. The SMILES string of the molecule is CCO[Si](CCCCCCCCCCCCCCC1CCC2OC2C1)(OCC)OCC. The summed E-state index contributed by atoms with van der Waals surface area (Å²) in [5, 5.41) is 0. The van der Waals surface area contributed by atoms with Gasteiger partial charge in [0.1, 0.15) is 0 Å². The van der Waals surface area contributed by atoms with Crippen molar-refractivity contribution in [3.05, 3.63) is 0 Å². The van der Waals surface area contributed by atoms with Gasteiger partial charge in [0, 0.05) is 25.9 Å². The van der Waals surface area contributed by atoms with Gasteiger partial charge in [-0.1, -0.05) is 77.0 Å². The lowest BCUT2D eigenvalue weighted by atomic mass is 9.85. The molecule has 1 saturated heterocycles. The van der Waals surface area contributed by atoms with Crippen LogP contribution >= 0.6 is 0 Å². The lowest BCUT2D eigenvalue weighted by molar-refractivity contribution is 0.0706. The van der Waals surface area contributed by atoms with Gasteiger partial charge in [0.15, 0.2) is 0 Å². The molecule has 0 bridgehead atoms. The van der Waals surface area contributed by atoms with Crippen LogP contribution in [0.5, 0.6) is 0 Å². The normalized spacial score (nSPS) is 23.1. The van der Waals surface area contributed by atoms with E-state index in [0.29, 0.717) is 32.0 Å². The highest BCUT2D eigenvalue weighted by Crippen LogP contribution is 2.41. The molecule has 5 heteroatoms. The van der Waals surface area contributed by atoms with Crippen LogP contribution < -0.4 is 0 Å². The molecule has 0 aromatic heterocycles. The molecule has 2 aliphatic rings. The van der Waals surface area contributed by atoms with E-state index in [-0.39, 0.29) is 0 Å². The molecule has 0 amide bonds. The Hall–Kier alpha value is 0.0569. The number of unbranched alkanes of at least 4 members (excludes halogenated alkanes) is 11. The molecular formula is C26H52O4Si. The first-order chi connectivity index (χ1) is 15.2. The van der Waals surface area contributed by atoms with Gasteiger partial charge in [-0.25, -0.2) is 0 Å². The van der Waals surface area contributed by atoms with Crippen LogP contribution in [0.2, 0.25) is 6.04 Å². The summed E-state index contributed by atoms with van der Waals surface area (Å²) in [6, 6.07) is 0.970. The van der Waals surface area contributed by atoms with Crippen molar-refractivity contribution < 1.29 is 18.0 Å². The zero-order valence-corrected chi connectivity index (χ0v) is 22.0. The summed E-state index contributed by atoms with van der Waals surface area (Å²) in [7, 11) is -2.41. The molecule has 0 radical (unpaired) electrons. The molecule has 3 atom stereocenters. The maximum absolute atomic E-state index is 5.94. The van der Waals surface area contributed by atoms with Gasteiger partial charge >= 0.3 is 8.80 Å². The van der Waals surface area contributed by atoms with Gasteiger partial charge in [0.05, 0.1) is 12.2 Å². The summed E-state index contributed by atoms with van der Waals surface area (Å²) in [5.41, 5.74) is 0. The van der Waals surface area contributed by atoms with Gasteiger partial charge in [-0.05, 0) is 52.4 Å². The first-order valence-electron chi connectivity index (χ1n) is 13.8. The average molecular weight is 457 g/mol. The molecule has 1 heterocycles. The van der Waals surface area contributed by atoms with Crippen LogP contribution in [-0.2, 0) is 18.0 Å². The molecule has 0 spiro atoms. The number of rotatable bonds is 21. The fraction of sp³-hybridized carbons (Fsp3) is 1.00. The predicted molar refractivity (Wildman–Crippen MR) is 131 cm³/mol. The van der Waals surface area contributed by atoms with Crippen LogP contribution in [0.25, 0.3) is 0 Å². The number of ether oxygens (including phenoxy) is 1. The molecular weight excluding hydrogens is 404 g/mol. The van der Waals surface area contributed by atoms with Crippen molar-refractivity contribution in [2.45, 2.75) is 142 Å². The molecule has 31 heavy (non-hydrogen) atoms. The summed E-state index contributed by atoms with van der Waals surface area (Å²) < 4.78 is 23.5. The Kier molecular flexibility index (Phi) is 14.7. The van der Waals surface area contributed by atoms with E-state index in [4.69, 9.17) is 18.0 Å². The molecule has 0 N–H and O–H groups in total. The van der Waals surface area contributed by atoms with Crippen molar-refractivity contribution in [2.24, 2.45) is 5.92 Å². The number of hydrogen-bond acceptors (Lipinski definition) is 4. The van der Waals surface area contributed by atoms with Gasteiger partial charge in [-0.15, -0.1) is 0 Å². The molecule has 1 saturated carbocycles. The second-order valence-electron chi connectivity index (χ2n) is 9.66. The minimum absolute atomic E-state index is 0.661. The van der Waals surface area contributed by atoms with Crippen LogP contribution in [0, 0.1) is 5.92 Å². The highest BCUT2D eigenvalue weighted by Gasteiger charge is 2.43. The molecule has 1 aliphatic carbocycles. The van der Waals surface area contributed by atoms with E-state index in [2.05, 4.69) is 0 Å². The van der Waals surface area contributed by atoms with E-state index in [9.17, 15) is 0 Å². The Balaban J connectivity index is 1.32. The van der Waals surface area contributed by atoms with Crippen LogP contribution in [0.1, 0.15) is 124 Å². The van der Waals surface area contributed by atoms with Crippen LogP contribution in [0.15, 0.2) is 0 Å². The minimum Gasteiger partial charge on any atom is -0.374 e. The van der Waals surface area contributed by atoms with Crippen molar-refractivity contribution in [3.8, 4) is 0 Å². The summed E-state index contributed by atoms with van der Waals surface area (Å²) in [4.78, 5) is 0. The summed E-state index contributed by atoms with van der Waals surface area (Å²) in [6.07, 6.45) is 23.5. The highest BCUT2D eigenvalue weighted by molar-refractivity contribution is 6.60. The number of hydrogen-bond donors (Lipinski definition) is 0. The second kappa shape index (κ2) is 16.6. The van der Waals surface area contributed by atoms with Crippen molar-refractivity contribution in [3.63, 3.8) is 0 Å². The third-order valence-electron chi connectivity index (χ3n) is 7.05. The van der Waals surface area contributed by atoms with Crippen molar-refractivity contribution in [2.75, 3.05) is 19.8 Å². The quantitative estimate of drug-likeness (QED) is 0.101. The molecule has 1 aliphatic heterocycles. The van der Waals surface area contributed by atoms with E-state index in [1.165, 1.54) is 103 Å². The maximum Gasteiger partial charge on any atom is 0.500 e. The molecule has 0 aromatic carbocycles. The maximum atomic E-state index is 5.94. The van der Waals surface area contributed by atoms with E-state index >= 15 is 0 Å². The van der Waals surface area contributed by atoms with Gasteiger partial charge < -0.3 is 18.0 Å². The Bertz CT molecular complexity index is 417. The molecule has 2 rings (SSSR count). The van der Waals surface area contributed by atoms with Gasteiger partial charge in [-0.2, -0.15) is 0 Å². The van der Waals surface area contributed by atoms with E-state index < -0.39 is 8.80 Å². The van der Waals surface area contributed by atoms with Gasteiger partial charge in [0.25, 0.3) is 0 Å². The topological polar surface area (TPSA) is 40.2 Å². The first-order valence-corrected chi connectivity index (χ1v) is 15.7. The van der Waals surface area contributed by atoms with Crippen molar-refractivity contribution in [1.82, 2.24) is 0 Å². The van der Waals surface area contributed by atoms with Gasteiger partial charge in [0.2, 0.25) is 0 Å². The average Bonchev–Trinajstić information content (AvgIpc) is 3.53. The minimum atomic E-state index is -2.41. The Labute approximate surface area is 194 Å². The molecule has 0 aromatic rings. The summed E-state index contributed by atoms with van der Waals surface area (Å²) in [5.74, 6) is 0.972. The zero-order chi connectivity index (χ0) is 22.2. The van der Waals surface area contributed by atoms with Gasteiger partial charge in [-0.3, -0.25) is 0 Å². The summed E-state index contributed by atoms with van der Waals surface area (Å²) in [6.45, 7) is 8.16. The van der Waals surface area contributed by atoms with Crippen molar-refractivity contribution >= 4 is 8.80 Å². The van der Waals surface area contributed by atoms with Crippen LogP contribution in [0.3, 0.4) is 0 Å². The smallest absolute Gasteiger partial charge is 0.374 e. The summed E-state index contributed by atoms with van der Waals surface area (Å²) >= 11 is 0. The Morgan fingerprint density at radius 1 is 0.613 bits per heavy atom. The van der Waals surface area contributed by atoms with E-state index in [1.807, 2.05) is 20.8 Å². The molecule has 3 unspecified atom stereocenters. The Morgan fingerprint density at radius 2 is 1.10 bits per heavy atom. The van der Waals surface area contributed by atoms with E-state index in [1.54, 1.807) is 0 Å². The fourth-order valence-corrected chi connectivity index (χ4v) is 7.98. The largest absolute Gasteiger partial charge is 0.500 e.